The fourth-order valence-corrected chi connectivity index (χ4v) is 3.94. The van der Waals surface area contributed by atoms with Crippen molar-refractivity contribution in [2.24, 2.45) is 0 Å². The number of hydrogen-bond donors (Lipinski definition) is 3. The number of rotatable bonds is 7. The summed E-state index contributed by atoms with van der Waals surface area (Å²) in [6.45, 7) is 4.64. The molecule has 8 heteroatoms. The summed E-state index contributed by atoms with van der Waals surface area (Å²) < 4.78 is 0. The molecular formula is C19H24N4O3S. The molecule has 1 aliphatic carbocycles. The molecule has 0 spiro atoms. The number of aryl methyl sites for hydroxylation is 1. The van der Waals surface area contributed by atoms with Gasteiger partial charge in [0.1, 0.15) is 0 Å². The van der Waals surface area contributed by atoms with Crippen LogP contribution in [0, 0.1) is 6.92 Å². The first-order valence-corrected chi connectivity index (χ1v) is 9.89. The zero-order valence-electron chi connectivity index (χ0n) is 15.4. The normalized spacial score (nSPS) is 18.8. The summed E-state index contributed by atoms with van der Waals surface area (Å²) in [6.07, 6.45) is 1.53. The maximum Gasteiger partial charge on any atom is 0.319 e. The highest BCUT2D eigenvalue weighted by Crippen LogP contribution is 2.29. The van der Waals surface area contributed by atoms with Crippen molar-refractivity contribution in [2.45, 2.75) is 38.8 Å². The Morgan fingerprint density at radius 3 is 2.70 bits per heavy atom. The number of nitrogens with zero attached hydrogens (tertiary/aromatic N) is 2. The number of aromatic nitrogens is 1. The number of carboxylic acid groups (broad SMARTS) is 1. The van der Waals surface area contributed by atoms with Crippen molar-refractivity contribution >= 4 is 29.0 Å². The van der Waals surface area contributed by atoms with Gasteiger partial charge < -0.3 is 15.7 Å². The van der Waals surface area contributed by atoms with E-state index in [0.29, 0.717) is 6.54 Å². The summed E-state index contributed by atoms with van der Waals surface area (Å²) in [5, 5.41) is 17.8. The number of urea groups is 1. The summed E-state index contributed by atoms with van der Waals surface area (Å²) in [5.41, 5.74) is 2.46. The van der Waals surface area contributed by atoms with E-state index in [-0.39, 0.29) is 24.7 Å². The summed E-state index contributed by atoms with van der Waals surface area (Å²) in [7, 11) is 0. The molecule has 1 aromatic heterocycles. The highest BCUT2D eigenvalue weighted by atomic mass is 32.1. The first-order valence-electron chi connectivity index (χ1n) is 9.01. The molecule has 1 saturated carbocycles. The number of para-hydroxylation sites is 1. The fraction of sp³-hybridized carbons (Fsp3) is 0.421. The van der Waals surface area contributed by atoms with Gasteiger partial charge in [-0.15, -0.1) is 11.3 Å². The molecular weight excluding hydrogens is 364 g/mol. The molecule has 0 unspecified atom stereocenters. The molecule has 0 atom stereocenters. The molecule has 2 amide bonds. The van der Waals surface area contributed by atoms with E-state index in [1.165, 1.54) is 0 Å². The molecule has 3 rings (SSSR count). The second-order valence-electron chi connectivity index (χ2n) is 6.67. The highest BCUT2D eigenvalue weighted by molar-refractivity contribution is 7.09. The van der Waals surface area contributed by atoms with Crippen molar-refractivity contribution in [3.8, 4) is 11.3 Å². The van der Waals surface area contributed by atoms with Crippen LogP contribution < -0.4 is 10.6 Å². The predicted octanol–water partition coefficient (Wildman–Crippen LogP) is 3.18. The monoisotopic (exact) mass is 388 g/mol. The Labute approximate surface area is 162 Å². The minimum absolute atomic E-state index is 0.0422. The summed E-state index contributed by atoms with van der Waals surface area (Å²) in [4.78, 5) is 29.7. The van der Waals surface area contributed by atoms with Gasteiger partial charge in [0.2, 0.25) is 0 Å². The second-order valence-corrected chi connectivity index (χ2v) is 7.74. The van der Waals surface area contributed by atoms with Crippen LogP contribution in [0.1, 0.15) is 24.8 Å². The minimum Gasteiger partial charge on any atom is -0.480 e. The van der Waals surface area contributed by atoms with E-state index in [2.05, 4.69) is 15.6 Å². The van der Waals surface area contributed by atoms with Crippen LogP contribution in [0.3, 0.4) is 0 Å². The number of carbonyl (C=O) groups excluding carboxylic acids is 1. The molecule has 3 N–H and O–H groups in total. The molecule has 0 aliphatic heterocycles. The van der Waals surface area contributed by atoms with E-state index >= 15 is 0 Å². The Balaban J connectivity index is 1.55. The van der Waals surface area contributed by atoms with Gasteiger partial charge in [0.05, 0.1) is 22.9 Å². The second kappa shape index (κ2) is 8.49. The lowest BCUT2D eigenvalue weighted by molar-refractivity contribution is -0.139. The standard InChI is InChI=1S/C19H24N4O3S/c1-3-23(10-18(24)25)14-8-13(9-14)21-19(26)22-16-7-5-4-6-15(16)17-11-27-12(2)20-17/h4-7,11,13-14H,3,8-10H2,1-2H3,(H,24,25)(H2,21,22,26). The van der Waals surface area contributed by atoms with Gasteiger partial charge in [-0.3, -0.25) is 9.69 Å². The van der Waals surface area contributed by atoms with Gasteiger partial charge in [-0.05, 0) is 32.4 Å². The number of thiazole rings is 1. The quantitative estimate of drug-likeness (QED) is 0.677. The third-order valence-corrected chi connectivity index (χ3v) is 5.55. The molecule has 0 radical (unpaired) electrons. The van der Waals surface area contributed by atoms with Gasteiger partial charge in [0.15, 0.2) is 0 Å². The Kier molecular flexibility index (Phi) is 6.08. The van der Waals surface area contributed by atoms with E-state index in [1.54, 1.807) is 11.3 Å². The van der Waals surface area contributed by atoms with Gasteiger partial charge >= 0.3 is 12.0 Å². The van der Waals surface area contributed by atoms with Crippen LogP contribution in [0.5, 0.6) is 0 Å². The van der Waals surface area contributed by atoms with Crippen molar-refractivity contribution in [3.63, 3.8) is 0 Å². The fourth-order valence-electron chi connectivity index (χ4n) is 3.32. The van der Waals surface area contributed by atoms with Crippen LogP contribution in [0.4, 0.5) is 10.5 Å². The number of benzene rings is 1. The van der Waals surface area contributed by atoms with Crippen molar-refractivity contribution < 1.29 is 14.7 Å². The molecule has 144 valence electrons. The van der Waals surface area contributed by atoms with Gasteiger partial charge in [-0.25, -0.2) is 9.78 Å². The first-order chi connectivity index (χ1) is 13.0. The van der Waals surface area contributed by atoms with Gasteiger partial charge in [-0.2, -0.15) is 0 Å². The van der Waals surface area contributed by atoms with Crippen LogP contribution in [0.15, 0.2) is 29.6 Å². The number of aliphatic carboxylic acids is 1. The average molecular weight is 388 g/mol. The molecule has 1 aromatic carbocycles. The van der Waals surface area contributed by atoms with Crippen LogP contribution in [-0.4, -0.2) is 52.2 Å². The Hall–Kier alpha value is -2.45. The molecule has 2 aromatic rings. The number of hydrogen-bond acceptors (Lipinski definition) is 5. The van der Waals surface area contributed by atoms with E-state index in [1.807, 2.05) is 48.4 Å². The number of carboxylic acids is 1. The molecule has 7 nitrogen and oxygen atoms in total. The molecule has 0 bridgehead atoms. The van der Waals surface area contributed by atoms with Crippen molar-refractivity contribution in [1.82, 2.24) is 15.2 Å². The van der Waals surface area contributed by atoms with Gasteiger partial charge in [-0.1, -0.05) is 25.1 Å². The highest BCUT2D eigenvalue weighted by Gasteiger charge is 2.34. The number of amides is 2. The Bertz CT molecular complexity index is 817. The average Bonchev–Trinajstić information content (AvgIpc) is 3.02. The number of likely N-dealkylation sites (N-methyl/N-ethyl adjacent to an activating group) is 1. The molecule has 0 saturated heterocycles. The van der Waals surface area contributed by atoms with Gasteiger partial charge in [0, 0.05) is 23.0 Å². The largest absolute Gasteiger partial charge is 0.480 e. The van der Waals surface area contributed by atoms with Crippen LogP contribution in [0.2, 0.25) is 0 Å². The lowest BCUT2D eigenvalue weighted by Crippen LogP contribution is -2.55. The maximum atomic E-state index is 12.4. The maximum absolute atomic E-state index is 12.4. The Morgan fingerprint density at radius 1 is 1.33 bits per heavy atom. The minimum atomic E-state index is -0.820. The van der Waals surface area contributed by atoms with Crippen molar-refractivity contribution in [3.05, 3.63) is 34.7 Å². The topological polar surface area (TPSA) is 94.6 Å². The van der Waals surface area contributed by atoms with E-state index in [4.69, 9.17) is 5.11 Å². The predicted molar refractivity (Wildman–Crippen MR) is 106 cm³/mol. The number of carbonyl (C=O) groups is 2. The molecule has 27 heavy (non-hydrogen) atoms. The zero-order chi connectivity index (χ0) is 19.4. The lowest BCUT2D eigenvalue weighted by Gasteiger charge is -2.42. The lowest BCUT2D eigenvalue weighted by atomic mass is 9.85. The van der Waals surface area contributed by atoms with E-state index in [9.17, 15) is 9.59 Å². The first kappa shape index (κ1) is 19.3. The summed E-state index contributed by atoms with van der Waals surface area (Å²) >= 11 is 1.57. The van der Waals surface area contributed by atoms with Gasteiger partial charge in [0.25, 0.3) is 0 Å². The SMILES string of the molecule is CCN(CC(=O)O)C1CC(NC(=O)Nc2ccccc2-c2csc(C)n2)C1. The number of anilines is 1. The van der Waals surface area contributed by atoms with E-state index < -0.39 is 5.97 Å². The zero-order valence-corrected chi connectivity index (χ0v) is 16.3. The third kappa shape index (κ3) is 4.84. The number of nitrogens with one attached hydrogen (secondary N) is 2. The van der Waals surface area contributed by atoms with Crippen molar-refractivity contribution in [2.75, 3.05) is 18.4 Å². The van der Waals surface area contributed by atoms with E-state index in [0.717, 1.165) is 34.8 Å². The summed E-state index contributed by atoms with van der Waals surface area (Å²) in [5.74, 6) is -0.820. The van der Waals surface area contributed by atoms with Crippen LogP contribution >= 0.6 is 11.3 Å². The molecule has 1 aliphatic rings. The van der Waals surface area contributed by atoms with Crippen molar-refractivity contribution in [1.29, 1.82) is 0 Å². The Morgan fingerprint density at radius 2 is 2.07 bits per heavy atom. The van der Waals surface area contributed by atoms with Crippen LogP contribution in [0.25, 0.3) is 11.3 Å². The summed E-state index contributed by atoms with van der Waals surface area (Å²) in [6, 6.07) is 7.62. The van der Waals surface area contributed by atoms with Crippen LogP contribution in [-0.2, 0) is 4.79 Å². The smallest absolute Gasteiger partial charge is 0.319 e. The molecule has 1 fully saturated rings. The molecule has 1 heterocycles. The third-order valence-electron chi connectivity index (χ3n) is 4.78.